The van der Waals surface area contributed by atoms with Gasteiger partial charge in [0.1, 0.15) is 5.01 Å². The molecule has 1 aromatic carbocycles. The Kier molecular flexibility index (Phi) is 7.23. The zero-order chi connectivity index (χ0) is 21.7. The lowest BCUT2D eigenvalue weighted by Gasteiger charge is -2.33. The Balaban J connectivity index is 1.41. The molecule has 0 saturated carbocycles. The summed E-state index contributed by atoms with van der Waals surface area (Å²) >= 11 is 1.73. The zero-order valence-electron chi connectivity index (χ0n) is 18.2. The van der Waals surface area contributed by atoms with Crippen LogP contribution in [0.1, 0.15) is 38.4 Å². The molecule has 162 valence electrons. The summed E-state index contributed by atoms with van der Waals surface area (Å²) in [7, 11) is 0. The highest BCUT2D eigenvalue weighted by Crippen LogP contribution is 2.24. The van der Waals surface area contributed by atoms with Gasteiger partial charge in [-0.05, 0) is 24.3 Å². The van der Waals surface area contributed by atoms with E-state index in [1.165, 1.54) is 6.92 Å². The molecule has 7 nitrogen and oxygen atoms in total. The van der Waals surface area contributed by atoms with Gasteiger partial charge >= 0.3 is 0 Å². The van der Waals surface area contributed by atoms with E-state index in [0.717, 1.165) is 49.1 Å². The van der Waals surface area contributed by atoms with Gasteiger partial charge in [-0.3, -0.25) is 19.4 Å². The molecular weight excluding hydrogens is 398 g/mol. The first-order valence-electron chi connectivity index (χ1n) is 10.3. The van der Waals surface area contributed by atoms with Gasteiger partial charge in [0.05, 0.1) is 18.8 Å². The van der Waals surface area contributed by atoms with E-state index in [4.69, 9.17) is 4.98 Å². The maximum atomic E-state index is 12.4. The topological polar surface area (TPSA) is 77.6 Å². The van der Waals surface area contributed by atoms with Crippen molar-refractivity contribution in [3.8, 4) is 0 Å². The number of anilines is 2. The summed E-state index contributed by atoms with van der Waals surface area (Å²) in [6.45, 7) is 12.9. The second-order valence-electron chi connectivity index (χ2n) is 8.74. The van der Waals surface area contributed by atoms with E-state index in [-0.39, 0.29) is 17.2 Å². The number of nitrogens with zero attached hydrogens (tertiary/aromatic N) is 3. The van der Waals surface area contributed by atoms with Crippen LogP contribution in [0.25, 0.3) is 0 Å². The molecule has 1 fully saturated rings. The molecule has 1 saturated heterocycles. The van der Waals surface area contributed by atoms with Gasteiger partial charge in [-0.15, -0.1) is 11.3 Å². The van der Waals surface area contributed by atoms with E-state index < -0.39 is 0 Å². The van der Waals surface area contributed by atoms with Crippen molar-refractivity contribution in [2.75, 3.05) is 43.4 Å². The largest absolute Gasteiger partial charge is 0.326 e. The molecule has 1 aliphatic rings. The van der Waals surface area contributed by atoms with Crippen LogP contribution in [-0.4, -0.2) is 59.3 Å². The average Bonchev–Trinajstić information content (AvgIpc) is 3.13. The molecule has 2 amide bonds. The first kappa shape index (κ1) is 22.4. The molecule has 8 heteroatoms. The number of rotatable bonds is 6. The number of thiazole rings is 1. The quantitative estimate of drug-likeness (QED) is 0.738. The van der Waals surface area contributed by atoms with Crippen LogP contribution in [0.15, 0.2) is 29.6 Å². The number of hydrogen-bond acceptors (Lipinski definition) is 6. The second-order valence-corrected chi connectivity index (χ2v) is 9.68. The lowest BCUT2D eigenvalue weighted by Crippen LogP contribution is -2.48. The third kappa shape index (κ3) is 6.62. The molecule has 0 radical (unpaired) electrons. The number of nitrogens with one attached hydrogen (secondary N) is 2. The summed E-state index contributed by atoms with van der Waals surface area (Å²) in [5.41, 5.74) is 2.69. The van der Waals surface area contributed by atoms with Crippen LogP contribution in [0.4, 0.5) is 11.4 Å². The summed E-state index contributed by atoms with van der Waals surface area (Å²) in [6, 6.07) is 7.14. The normalized spacial score (nSPS) is 15.7. The fraction of sp³-hybridized carbons (Fsp3) is 0.500. The van der Waals surface area contributed by atoms with Crippen LogP contribution in [0.2, 0.25) is 0 Å². The minimum atomic E-state index is -0.115. The Labute approximate surface area is 182 Å². The lowest BCUT2D eigenvalue weighted by molar-refractivity contribution is -0.117. The molecule has 1 aromatic heterocycles. The molecular formula is C22H31N5O2S. The Morgan fingerprint density at radius 3 is 2.10 bits per heavy atom. The summed E-state index contributed by atoms with van der Waals surface area (Å²) < 4.78 is 0. The molecule has 0 bridgehead atoms. The third-order valence-corrected chi connectivity index (χ3v) is 5.83. The zero-order valence-corrected chi connectivity index (χ0v) is 19.0. The molecule has 0 aliphatic carbocycles. The summed E-state index contributed by atoms with van der Waals surface area (Å²) in [6.07, 6.45) is 0. The van der Waals surface area contributed by atoms with Crippen molar-refractivity contribution in [3.05, 3.63) is 40.3 Å². The molecule has 1 aliphatic heterocycles. The van der Waals surface area contributed by atoms with Gasteiger partial charge < -0.3 is 10.6 Å². The Morgan fingerprint density at radius 1 is 1.00 bits per heavy atom. The maximum Gasteiger partial charge on any atom is 0.238 e. The van der Waals surface area contributed by atoms with Crippen molar-refractivity contribution in [1.29, 1.82) is 0 Å². The van der Waals surface area contributed by atoms with Gasteiger partial charge in [-0.2, -0.15) is 0 Å². The highest BCUT2D eigenvalue weighted by Gasteiger charge is 2.22. The molecule has 2 heterocycles. The molecule has 2 aromatic rings. The molecule has 3 rings (SSSR count). The average molecular weight is 430 g/mol. The van der Waals surface area contributed by atoms with E-state index in [1.807, 2.05) is 0 Å². The Morgan fingerprint density at radius 2 is 1.57 bits per heavy atom. The second kappa shape index (κ2) is 9.68. The maximum absolute atomic E-state index is 12.4. The number of aromatic nitrogens is 1. The van der Waals surface area contributed by atoms with Crippen molar-refractivity contribution in [1.82, 2.24) is 14.8 Å². The highest BCUT2D eigenvalue weighted by molar-refractivity contribution is 7.09. The Bertz CT molecular complexity index is 864. The molecule has 0 unspecified atom stereocenters. The number of piperazine rings is 1. The van der Waals surface area contributed by atoms with Crippen LogP contribution in [-0.2, 0) is 21.5 Å². The predicted molar refractivity (Wildman–Crippen MR) is 122 cm³/mol. The summed E-state index contributed by atoms with van der Waals surface area (Å²) in [4.78, 5) is 32.8. The summed E-state index contributed by atoms with van der Waals surface area (Å²) in [5.74, 6) is -0.138. The first-order chi connectivity index (χ1) is 14.2. The number of carbonyl (C=O) groups excluding carboxylic acids is 2. The number of carbonyl (C=O) groups is 2. The monoisotopic (exact) mass is 429 g/mol. The minimum Gasteiger partial charge on any atom is -0.326 e. The molecule has 30 heavy (non-hydrogen) atoms. The van der Waals surface area contributed by atoms with Crippen LogP contribution in [0, 0.1) is 0 Å². The number of benzene rings is 1. The van der Waals surface area contributed by atoms with Gasteiger partial charge in [0.15, 0.2) is 0 Å². The molecule has 2 N–H and O–H groups in total. The van der Waals surface area contributed by atoms with Gasteiger partial charge in [-0.1, -0.05) is 20.8 Å². The van der Waals surface area contributed by atoms with Crippen LogP contribution in [0.5, 0.6) is 0 Å². The highest BCUT2D eigenvalue weighted by atomic mass is 32.1. The van der Waals surface area contributed by atoms with E-state index >= 15 is 0 Å². The lowest BCUT2D eigenvalue weighted by atomic mass is 9.93. The van der Waals surface area contributed by atoms with Crippen molar-refractivity contribution in [3.63, 3.8) is 0 Å². The smallest absolute Gasteiger partial charge is 0.238 e. The number of amides is 2. The van der Waals surface area contributed by atoms with Crippen molar-refractivity contribution >= 4 is 34.5 Å². The van der Waals surface area contributed by atoms with Gasteiger partial charge in [0, 0.05) is 55.3 Å². The van der Waals surface area contributed by atoms with Crippen molar-refractivity contribution < 1.29 is 9.59 Å². The third-order valence-electron chi connectivity index (χ3n) is 5.00. The van der Waals surface area contributed by atoms with Gasteiger partial charge in [0.2, 0.25) is 11.8 Å². The fourth-order valence-corrected chi connectivity index (χ4v) is 4.33. The van der Waals surface area contributed by atoms with E-state index in [9.17, 15) is 9.59 Å². The Hall–Kier alpha value is -2.29. The standard InChI is InChI=1S/C22H31N5O2S/c1-16(28)23-17-5-7-18(8-6-17)24-20(29)13-26-9-11-27(12-10-26)14-21-25-19(15-30-21)22(2,3)4/h5-8,15H,9-14H2,1-4H3,(H,23,28)(H,24,29). The first-order valence-corrected chi connectivity index (χ1v) is 11.1. The molecule has 0 spiro atoms. The van der Waals surface area contributed by atoms with Crippen LogP contribution >= 0.6 is 11.3 Å². The van der Waals surface area contributed by atoms with Crippen LogP contribution in [0.3, 0.4) is 0 Å². The predicted octanol–water partition coefficient (Wildman–Crippen LogP) is 3.16. The van der Waals surface area contributed by atoms with Gasteiger partial charge in [-0.25, -0.2) is 4.98 Å². The minimum absolute atomic E-state index is 0.0227. The van der Waals surface area contributed by atoms with Crippen LogP contribution < -0.4 is 10.6 Å². The number of hydrogen-bond donors (Lipinski definition) is 2. The molecule has 0 atom stereocenters. The van der Waals surface area contributed by atoms with Crippen molar-refractivity contribution in [2.24, 2.45) is 0 Å². The van der Waals surface area contributed by atoms with E-state index in [0.29, 0.717) is 12.2 Å². The fourth-order valence-electron chi connectivity index (χ4n) is 3.27. The van der Waals surface area contributed by atoms with E-state index in [2.05, 4.69) is 46.6 Å². The SMILES string of the molecule is CC(=O)Nc1ccc(NC(=O)CN2CCN(Cc3nc(C(C)(C)C)cs3)CC2)cc1. The van der Waals surface area contributed by atoms with E-state index in [1.54, 1.807) is 35.6 Å². The van der Waals surface area contributed by atoms with Crippen molar-refractivity contribution in [2.45, 2.75) is 39.7 Å². The van der Waals surface area contributed by atoms with Gasteiger partial charge in [0.25, 0.3) is 0 Å². The summed E-state index contributed by atoms with van der Waals surface area (Å²) in [5, 5.41) is 8.96.